The molecule has 0 spiro atoms. The summed E-state index contributed by atoms with van der Waals surface area (Å²) in [6.07, 6.45) is 2.17. The molecule has 1 fully saturated rings. The molecule has 12 heteroatoms. The monoisotopic (exact) mass is 498 g/mol. The summed E-state index contributed by atoms with van der Waals surface area (Å²) in [4.78, 5) is 12.0. The van der Waals surface area contributed by atoms with E-state index in [2.05, 4.69) is 29.1 Å². The fraction of sp³-hybridized carbons (Fsp3) is 0.944. The summed E-state index contributed by atoms with van der Waals surface area (Å²) in [6, 6.07) is 0. The van der Waals surface area contributed by atoms with Gasteiger partial charge in [0.1, 0.15) is 0 Å². The van der Waals surface area contributed by atoms with Gasteiger partial charge >= 0.3 is 148 Å². The standard InChI is InChI=1S/C18H37BO7P2SSi/c1-5-22-18(21)12-17(26-30(2,3)4)11-16-9-13(20)8-15(24-16)10-14(25-27)6-7-23-19-28-29/h13-17,20,28H,5-12,27H2,1-4H3/t13-,14-,15-,16+,17+/m0/s1. The van der Waals surface area contributed by atoms with Crippen molar-refractivity contribution in [3.63, 3.8) is 0 Å². The first kappa shape index (κ1) is 28.5. The van der Waals surface area contributed by atoms with Gasteiger partial charge in [-0.15, -0.1) is 0 Å². The predicted molar refractivity (Wildman–Crippen MR) is 129 cm³/mol. The number of aliphatic hydroxyl groups excluding tert-OH is 1. The summed E-state index contributed by atoms with van der Waals surface area (Å²) >= 11 is 4.85. The van der Waals surface area contributed by atoms with E-state index in [0.29, 0.717) is 45.3 Å². The number of hydrogen-bond donors (Lipinski definition) is 1. The Bertz CT molecular complexity index is 563. The van der Waals surface area contributed by atoms with Crippen LogP contribution < -0.4 is 0 Å². The Labute approximate surface area is 191 Å². The van der Waals surface area contributed by atoms with Gasteiger partial charge in [0.05, 0.1) is 6.61 Å². The van der Waals surface area contributed by atoms with E-state index < -0.39 is 14.4 Å². The molecule has 0 amide bonds. The van der Waals surface area contributed by atoms with E-state index in [4.69, 9.17) is 34.9 Å². The van der Waals surface area contributed by atoms with Crippen LogP contribution in [0.1, 0.15) is 45.4 Å². The number of carbonyl (C=O) groups excluding carboxylic acids is 1. The van der Waals surface area contributed by atoms with Gasteiger partial charge in [-0.3, -0.25) is 4.79 Å². The molecule has 7 nitrogen and oxygen atoms in total. The zero-order valence-corrected chi connectivity index (χ0v) is 22.5. The maximum atomic E-state index is 12.0. The van der Waals surface area contributed by atoms with Crippen molar-refractivity contribution in [1.82, 2.24) is 0 Å². The van der Waals surface area contributed by atoms with Crippen molar-refractivity contribution in [2.75, 3.05) is 13.2 Å². The first-order chi connectivity index (χ1) is 14.2. The predicted octanol–water partition coefficient (Wildman–Crippen LogP) is 3.11. The SMILES string of the molecule is CCOC(=O)C[C@@H](C[C@H]1C[C@@H](O)C[C@@H](C[C@H](CCOB=[PH]=S)OP)O1)O[Si](C)(C)C. The number of carbonyl (C=O) groups is 1. The minimum absolute atomic E-state index is 0.0543. The first-order valence-corrected chi connectivity index (χ1v) is 16.6. The molecule has 30 heavy (non-hydrogen) atoms. The average Bonchev–Trinajstić information content (AvgIpc) is 2.62. The van der Waals surface area contributed by atoms with Crippen LogP contribution in [0.25, 0.3) is 0 Å². The molecule has 1 aliphatic heterocycles. The van der Waals surface area contributed by atoms with Crippen LogP contribution in [-0.4, -0.2) is 69.9 Å². The molecule has 1 N–H and O–H groups in total. The van der Waals surface area contributed by atoms with E-state index in [9.17, 15) is 9.90 Å². The molecule has 0 radical (unpaired) electrons. The third-order valence-electron chi connectivity index (χ3n) is 4.61. The van der Waals surface area contributed by atoms with E-state index in [1.807, 2.05) is 0 Å². The second-order valence-electron chi connectivity index (χ2n) is 8.49. The van der Waals surface area contributed by atoms with E-state index in [1.165, 1.54) is 0 Å². The Balaban J connectivity index is 2.67. The molecule has 1 heterocycles. The van der Waals surface area contributed by atoms with E-state index >= 15 is 0 Å². The molecule has 0 aromatic heterocycles. The molecule has 7 atom stereocenters. The Morgan fingerprint density at radius 2 is 1.93 bits per heavy atom. The van der Waals surface area contributed by atoms with Crippen molar-refractivity contribution in [2.45, 2.75) is 95.6 Å². The van der Waals surface area contributed by atoms with Gasteiger partial charge < -0.3 is 4.74 Å². The number of rotatable bonds is 14. The Morgan fingerprint density at radius 1 is 1.30 bits per heavy atom. The van der Waals surface area contributed by atoms with Crippen molar-refractivity contribution in [3.05, 3.63) is 0 Å². The second-order valence-corrected chi connectivity index (χ2v) is 14.4. The minimum atomic E-state index is -1.85. The Hall–Kier alpha value is 0.502. The van der Waals surface area contributed by atoms with E-state index in [-0.39, 0.29) is 43.7 Å². The van der Waals surface area contributed by atoms with E-state index in [1.54, 1.807) is 13.7 Å². The molecule has 0 aromatic rings. The van der Waals surface area contributed by atoms with Crippen LogP contribution in [0, 0.1) is 0 Å². The summed E-state index contributed by atoms with van der Waals surface area (Å²) in [5.41, 5.74) is 0. The smallest absolute Gasteiger partial charge is 0.0461 e. The molecule has 2 unspecified atom stereocenters. The number of esters is 1. The molecule has 0 bridgehead atoms. The molecule has 1 rings (SSSR count). The van der Waals surface area contributed by atoms with E-state index in [0.717, 1.165) is 0 Å². The topological polar surface area (TPSA) is 83.5 Å². The van der Waals surface area contributed by atoms with Crippen molar-refractivity contribution < 1.29 is 33.0 Å². The van der Waals surface area contributed by atoms with Gasteiger partial charge in [-0.05, 0) is 26.6 Å². The summed E-state index contributed by atoms with van der Waals surface area (Å²) in [7, 11) is 0.450. The van der Waals surface area contributed by atoms with Gasteiger partial charge in [-0.2, -0.15) is 0 Å². The number of ether oxygens (including phenoxy) is 2. The second kappa shape index (κ2) is 15.4. The molecule has 0 aromatic carbocycles. The molecular weight excluding hydrogens is 461 g/mol. The van der Waals surface area contributed by atoms with Gasteiger partial charge in [0, 0.05) is 0 Å². The summed E-state index contributed by atoms with van der Waals surface area (Å²) in [5.74, 6) is -0.262. The van der Waals surface area contributed by atoms with Gasteiger partial charge in [0.15, 0.2) is 0 Å². The normalized spacial score (nSPS) is 24.3. The zero-order valence-electron chi connectivity index (χ0n) is 18.5. The van der Waals surface area contributed by atoms with Crippen LogP contribution >= 0.6 is 16.3 Å². The molecular formula is C18H37BO7P2SSi. The quantitative estimate of drug-likeness (QED) is 0.169. The minimum Gasteiger partial charge on any atom is -0.0461 e. The molecule has 1 saturated heterocycles. The third kappa shape index (κ3) is 13.1. The van der Waals surface area contributed by atoms with Crippen LogP contribution in [0.3, 0.4) is 0 Å². The maximum absolute atomic E-state index is 12.0. The molecule has 1 aliphatic rings. The molecule has 0 saturated carbocycles. The van der Waals surface area contributed by atoms with Gasteiger partial charge in [0.25, 0.3) is 0 Å². The third-order valence-corrected chi connectivity index (χ3v) is 6.58. The van der Waals surface area contributed by atoms with Crippen LogP contribution in [0.2, 0.25) is 19.6 Å². The van der Waals surface area contributed by atoms with Crippen LogP contribution in [0.15, 0.2) is 0 Å². The van der Waals surface area contributed by atoms with Gasteiger partial charge in [0.2, 0.25) is 0 Å². The van der Waals surface area contributed by atoms with Gasteiger partial charge in [-0.1, -0.05) is 0 Å². The van der Waals surface area contributed by atoms with Crippen LogP contribution in [0.4, 0.5) is 0 Å². The fourth-order valence-corrected chi connectivity index (χ4v) is 5.41. The summed E-state index contributed by atoms with van der Waals surface area (Å²) in [6.45, 7) is 10.8. The van der Waals surface area contributed by atoms with Crippen molar-refractivity contribution in [3.8, 4) is 0 Å². The van der Waals surface area contributed by atoms with Crippen molar-refractivity contribution in [1.29, 1.82) is 0 Å². The Kier molecular flexibility index (Phi) is 14.6. The van der Waals surface area contributed by atoms with Gasteiger partial charge in [-0.25, -0.2) is 0 Å². The summed E-state index contributed by atoms with van der Waals surface area (Å²) < 4.78 is 28.4. The zero-order chi connectivity index (χ0) is 22.6. The molecule has 174 valence electrons. The first-order valence-electron chi connectivity index (χ1n) is 10.5. The average molecular weight is 498 g/mol. The Morgan fingerprint density at radius 3 is 2.47 bits per heavy atom. The molecule has 0 aliphatic carbocycles. The van der Waals surface area contributed by atoms with Crippen LogP contribution in [0.5, 0.6) is 0 Å². The number of hydrogen-bond acceptors (Lipinski definition) is 8. The fourth-order valence-electron chi connectivity index (χ4n) is 3.59. The van der Waals surface area contributed by atoms with Crippen molar-refractivity contribution >= 4 is 49.2 Å². The number of aliphatic hydroxyl groups is 1. The summed E-state index contributed by atoms with van der Waals surface area (Å²) in [5, 5.41) is 10.4. The van der Waals surface area contributed by atoms with Crippen LogP contribution in [-0.2, 0) is 39.7 Å². The van der Waals surface area contributed by atoms with Crippen molar-refractivity contribution in [2.24, 2.45) is 0 Å².